The Balaban J connectivity index is 1.50. The van der Waals surface area contributed by atoms with E-state index in [1.165, 1.54) is 44.3 Å². The SMILES string of the molecule is c1ccc2c(c1)nc1n2-c2ccc(-n3c4ccccc4c4ccccc43)cc2CS1. The number of imidazole rings is 1. The quantitative estimate of drug-likeness (QED) is 0.304. The fraction of sp³-hybridized carbons (Fsp3) is 0.0385. The fourth-order valence-electron chi connectivity index (χ4n) is 4.72. The second-order valence-electron chi connectivity index (χ2n) is 7.69. The molecule has 6 aromatic rings. The topological polar surface area (TPSA) is 22.8 Å². The molecule has 1 aliphatic heterocycles. The highest BCUT2D eigenvalue weighted by Gasteiger charge is 2.21. The molecule has 0 radical (unpaired) electrons. The molecule has 0 unspecified atom stereocenters. The Morgan fingerprint density at radius 2 is 1.33 bits per heavy atom. The lowest BCUT2D eigenvalue weighted by atomic mass is 10.1. The number of para-hydroxylation sites is 4. The average molecular weight is 404 g/mol. The van der Waals surface area contributed by atoms with Crippen molar-refractivity contribution in [2.75, 3.05) is 0 Å². The molecule has 2 aromatic heterocycles. The predicted octanol–water partition coefficient (Wildman–Crippen LogP) is 6.73. The fourth-order valence-corrected chi connectivity index (χ4v) is 5.73. The van der Waals surface area contributed by atoms with E-state index >= 15 is 0 Å². The molecule has 3 nitrogen and oxygen atoms in total. The molecule has 0 atom stereocenters. The molecule has 4 heteroatoms. The molecule has 4 aromatic carbocycles. The largest absolute Gasteiger partial charge is 0.309 e. The summed E-state index contributed by atoms with van der Waals surface area (Å²) in [7, 11) is 0. The van der Waals surface area contributed by atoms with Crippen LogP contribution in [0.15, 0.2) is 96.2 Å². The average Bonchev–Trinajstić information content (AvgIpc) is 3.35. The summed E-state index contributed by atoms with van der Waals surface area (Å²) < 4.78 is 4.69. The van der Waals surface area contributed by atoms with Gasteiger partial charge in [-0.05, 0) is 48.0 Å². The zero-order valence-corrected chi connectivity index (χ0v) is 16.9. The number of nitrogens with zero attached hydrogens (tertiary/aromatic N) is 3. The Morgan fingerprint density at radius 3 is 2.10 bits per heavy atom. The lowest BCUT2D eigenvalue weighted by Crippen LogP contribution is -2.07. The third-order valence-electron chi connectivity index (χ3n) is 6.03. The summed E-state index contributed by atoms with van der Waals surface area (Å²) in [6.45, 7) is 0. The zero-order valence-electron chi connectivity index (χ0n) is 16.1. The highest BCUT2D eigenvalue weighted by Crippen LogP contribution is 2.39. The van der Waals surface area contributed by atoms with Crippen molar-refractivity contribution in [3.05, 3.63) is 96.6 Å². The summed E-state index contributed by atoms with van der Waals surface area (Å²) in [6, 6.07) is 32.6. The predicted molar refractivity (Wildman–Crippen MR) is 125 cm³/mol. The van der Waals surface area contributed by atoms with Gasteiger partial charge in [-0.25, -0.2) is 4.98 Å². The van der Waals surface area contributed by atoms with E-state index in [1.807, 2.05) is 11.8 Å². The molecule has 0 amide bonds. The highest BCUT2D eigenvalue weighted by atomic mass is 32.2. The van der Waals surface area contributed by atoms with Crippen LogP contribution in [0, 0.1) is 0 Å². The molecule has 142 valence electrons. The van der Waals surface area contributed by atoms with Crippen molar-refractivity contribution in [2.24, 2.45) is 0 Å². The van der Waals surface area contributed by atoms with E-state index in [0.717, 1.165) is 16.4 Å². The van der Waals surface area contributed by atoms with Crippen LogP contribution in [0.4, 0.5) is 0 Å². The first-order valence-corrected chi connectivity index (χ1v) is 11.1. The Bertz CT molecular complexity index is 1550. The number of thioether (sulfide) groups is 1. The van der Waals surface area contributed by atoms with Crippen LogP contribution < -0.4 is 0 Å². The van der Waals surface area contributed by atoms with Crippen LogP contribution in [0.1, 0.15) is 5.56 Å². The minimum Gasteiger partial charge on any atom is -0.309 e. The maximum absolute atomic E-state index is 4.83. The van der Waals surface area contributed by atoms with Crippen LogP contribution in [0.2, 0.25) is 0 Å². The molecule has 0 saturated carbocycles. The minimum atomic E-state index is 0.934. The van der Waals surface area contributed by atoms with Gasteiger partial charge in [-0.2, -0.15) is 0 Å². The van der Waals surface area contributed by atoms with Gasteiger partial charge in [0.1, 0.15) is 0 Å². The Hall–Kier alpha value is -3.50. The van der Waals surface area contributed by atoms with Crippen molar-refractivity contribution in [3.8, 4) is 11.4 Å². The van der Waals surface area contributed by atoms with E-state index in [-0.39, 0.29) is 0 Å². The number of hydrogen-bond acceptors (Lipinski definition) is 2. The van der Waals surface area contributed by atoms with Gasteiger partial charge >= 0.3 is 0 Å². The van der Waals surface area contributed by atoms with E-state index < -0.39 is 0 Å². The van der Waals surface area contributed by atoms with Gasteiger partial charge in [0.15, 0.2) is 5.16 Å². The molecule has 0 saturated heterocycles. The molecule has 7 rings (SSSR count). The van der Waals surface area contributed by atoms with Crippen molar-refractivity contribution in [2.45, 2.75) is 10.9 Å². The standard InChI is InChI=1S/C26H17N3S/c1-4-10-23-19(7-1)20-8-2-5-11-24(20)28(23)18-13-14-22-17(15-18)16-30-26-27-21-9-3-6-12-25(21)29(22)26/h1-15H,16H2. The molecule has 0 fully saturated rings. The molecular formula is C26H17N3S. The molecule has 0 aliphatic carbocycles. The van der Waals surface area contributed by atoms with Gasteiger partial charge in [0.05, 0.1) is 27.8 Å². The lowest BCUT2D eigenvalue weighted by Gasteiger charge is -2.20. The molecule has 30 heavy (non-hydrogen) atoms. The van der Waals surface area contributed by atoms with Crippen LogP contribution >= 0.6 is 11.8 Å². The first-order chi connectivity index (χ1) is 14.9. The maximum atomic E-state index is 4.83. The third kappa shape index (κ3) is 2.14. The first kappa shape index (κ1) is 16.3. The van der Waals surface area contributed by atoms with Gasteiger partial charge in [-0.15, -0.1) is 0 Å². The zero-order chi connectivity index (χ0) is 19.7. The van der Waals surface area contributed by atoms with Crippen LogP contribution in [0.25, 0.3) is 44.2 Å². The van der Waals surface area contributed by atoms with Crippen molar-refractivity contribution >= 4 is 44.6 Å². The molecule has 0 N–H and O–H groups in total. The Labute approximate surface area is 177 Å². The summed E-state index contributed by atoms with van der Waals surface area (Å²) in [5, 5.41) is 3.67. The van der Waals surface area contributed by atoms with Gasteiger partial charge in [0, 0.05) is 22.2 Å². The van der Waals surface area contributed by atoms with E-state index in [0.29, 0.717) is 0 Å². The van der Waals surface area contributed by atoms with E-state index in [2.05, 4.69) is 100 Å². The minimum absolute atomic E-state index is 0.934. The molecule has 0 bridgehead atoms. The monoisotopic (exact) mass is 403 g/mol. The van der Waals surface area contributed by atoms with E-state index in [9.17, 15) is 0 Å². The summed E-state index contributed by atoms with van der Waals surface area (Å²) >= 11 is 1.81. The Morgan fingerprint density at radius 1 is 0.667 bits per heavy atom. The first-order valence-electron chi connectivity index (χ1n) is 10.1. The number of rotatable bonds is 1. The normalized spacial score (nSPS) is 13.1. The highest BCUT2D eigenvalue weighted by molar-refractivity contribution is 7.98. The van der Waals surface area contributed by atoms with Crippen molar-refractivity contribution in [1.29, 1.82) is 0 Å². The summed E-state index contributed by atoms with van der Waals surface area (Å²) in [6.07, 6.45) is 0. The lowest BCUT2D eigenvalue weighted by molar-refractivity contribution is 0.893. The van der Waals surface area contributed by atoms with Gasteiger partial charge < -0.3 is 4.57 Å². The summed E-state index contributed by atoms with van der Waals surface area (Å²) in [4.78, 5) is 4.83. The van der Waals surface area contributed by atoms with Crippen LogP contribution in [0.3, 0.4) is 0 Å². The number of fused-ring (bicyclic) bond motifs is 8. The number of hydrogen-bond donors (Lipinski definition) is 0. The van der Waals surface area contributed by atoms with Crippen molar-refractivity contribution < 1.29 is 0 Å². The molecule has 1 aliphatic rings. The number of aromatic nitrogens is 3. The van der Waals surface area contributed by atoms with Gasteiger partial charge in [0.25, 0.3) is 0 Å². The van der Waals surface area contributed by atoms with Gasteiger partial charge in [-0.1, -0.05) is 60.3 Å². The van der Waals surface area contributed by atoms with Crippen molar-refractivity contribution in [3.63, 3.8) is 0 Å². The van der Waals surface area contributed by atoms with Gasteiger partial charge in [0.2, 0.25) is 0 Å². The van der Waals surface area contributed by atoms with Gasteiger partial charge in [-0.3, -0.25) is 4.57 Å². The smallest absolute Gasteiger partial charge is 0.174 e. The van der Waals surface area contributed by atoms with E-state index in [4.69, 9.17) is 4.98 Å². The van der Waals surface area contributed by atoms with Crippen LogP contribution in [0.5, 0.6) is 0 Å². The third-order valence-corrected chi connectivity index (χ3v) is 7.02. The second-order valence-corrected chi connectivity index (χ2v) is 8.63. The molecular weight excluding hydrogens is 386 g/mol. The number of benzene rings is 4. The van der Waals surface area contributed by atoms with Crippen LogP contribution in [-0.2, 0) is 5.75 Å². The van der Waals surface area contributed by atoms with Crippen LogP contribution in [-0.4, -0.2) is 14.1 Å². The second kappa shape index (κ2) is 6.00. The Kier molecular flexibility index (Phi) is 3.26. The molecule has 0 spiro atoms. The molecule has 3 heterocycles. The summed E-state index contributed by atoms with van der Waals surface area (Å²) in [5.41, 5.74) is 8.51. The van der Waals surface area contributed by atoms with Crippen molar-refractivity contribution in [1.82, 2.24) is 14.1 Å². The summed E-state index contributed by atoms with van der Waals surface area (Å²) in [5.74, 6) is 0.934. The van der Waals surface area contributed by atoms with E-state index in [1.54, 1.807) is 0 Å². The maximum Gasteiger partial charge on any atom is 0.174 e.